The zero-order valence-corrected chi connectivity index (χ0v) is 21.0. The minimum atomic E-state index is -1.36. The maximum Gasteiger partial charge on any atom is 0.433 e. The van der Waals surface area contributed by atoms with Crippen LogP contribution in [0.2, 0.25) is 0 Å². The van der Waals surface area contributed by atoms with Crippen molar-refractivity contribution < 1.29 is 33.2 Å². The molecule has 2 N–H and O–H groups in total. The fraction of sp³-hybridized carbons (Fsp3) is 0.400. The van der Waals surface area contributed by atoms with Crippen molar-refractivity contribution in [3.05, 3.63) is 61.9 Å². The first kappa shape index (κ1) is 26.2. The van der Waals surface area contributed by atoms with E-state index < -0.39 is 39.5 Å². The molecule has 1 aliphatic heterocycles. The number of carboxylic acids is 1. The Kier molecular flexibility index (Phi) is 6.95. The van der Waals surface area contributed by atoms with Crippen molar-refractivity contribution >= 4 is 34.4 Å². The number of carboxylic acid groups (broad SMARTS) is 1. The number of carbonyl (C=O) groups is 2. The van der Waals surface area contributed by atoms with Gasteiger partial charge in [0.05, 0.1) is 24.1 Å². The lowest BCUT2D eigenvalue weighted by Crippen LogP contribution is -2.48. The maximum absolute atomic E-state index is 15.5. The van der Waals surface area contributed by atoms with Gasteiger partial charge in [0.25, 0.3) is 5.91 Å². The van der Waals surface area contributed by atoms with Gasteiger partial charge in [0, 0.05) is 51.5 Å². The molecule has 206 valence electrons. The van der Waals surface area contributed by atoms with E-state index in [1.54, 1.807) is 4.57 Å². The number of carbonyl (C=O) groups excluding carboxylic acids is 1. The molecular formula is C25H26FN5O8. The predicted molar refractivity (Wildman–Crippen MR) is 136 cm³/mol. The summed E-state index contributed by atoms with van der Waals surface area (Å²) in [4.78, 5) is 50.6. The van der Waals surface area contributed by atoms with Crippen LogP contribution in [0, 0.1) is 15.9 Å². The number of piperazine rings is 1. The smallest absolute Gasteiger partial charge is 0.433 e. The van der Waals surface area contributed by atoms with Gasteiger partial charge >= 0.3 is 11.9 Å². The lowest BCUT2D eigenvalue weighted by molar-refractivity contribution is -0.402. The number of nitrogens with one attached hydrogen (secondary N) is 1. The third kappa shape index (κ3) is 5.02. The highest BCUT2D eigenvalue weighted by molar-refractivity contribution is 5.97. The molecule has 1 aliphatic carbocycles. The second kappa shape index (κ2) is 10.4. The van der Waals surface area contributed by atoms with Gasteiger partial charge in [-0.05, 0) is 25.0 Å². The van der Waals surface area contributed by atoms with Gasteiger partial charge in [-0.1, -0.05) is 0 Å². The summed E-state index contributed by atoms with van der Waals surface area (Å²) >= 11 is 0. The number of aromatic carboxylic acids is 1. The molecule has 0 radical (unpaired) electrons. The first-order valence-electron chi connectivity index (χ1n) is 12.4. The van der Waals surface area contributed by atoms with Crippen LogP contribution in [0.3, 0.4) is 0 Å². The van der Waals surface area contributed by atoms with Gasteiger partial charge in [-0.15, -0.1) is 0 Å². The van der Waals surface area contributed by atoms with Crippen LogP contribution in [-0.4, -0.2) is 77.8 Å². The highest BCUT2D eigenvalue weighted by atomic mass is 19.1. The number of aromatic nitrogens is 1. The summed E-state index contributed by atoms with van der Waals surface area (Å²) in [6.45, 7) is 2.77. The number of anilines is 1. The van der Waals surface area contributed by atoms with Crippen molar-refractivity contribution in [2.45, 2.75) is 18.9 Å². The number of ether oxygens (including phenoxy) is 1. The Bertz CT molecular complexity index is 1520. The average molecular weight is 544 g/mol. The molecule has 1 amide bonds. The molecule has 0 unspecified atom stereocenters. The zero-order chi connectivity index (χ0) is 27.8. The minimum Gasteiger partial charge on any atom is -0.492 e. The second-order valence-electron chi connectivity index (χ2n) is 9.43. The third-order valence-electron chi connectivity index (χ3n) is 6.97. The maximum atomic E-state index is 15.5. The lowest BCUT2D eigenvalue weighted by atomic mass is 10.1. The van der Waals surface area contributed by atoms with E-state index in [4.69, 9.17) is 9.15 Å². The Hall–Kier alpha value is -4.46. The van der Waals surface area contributed by atoms with E-state index in [9.17, 15) is 29.6 Å². The van der Waals surface area contributed by atoms with E-state index in [-0.39, 0.29) is 35.2 Å². The number of fused-ring (bicyclic) bond motifs is 1. The number of furan rings is 1. The van der Waals surface area contributed by atoms with Crippen molar-refractivity contribution in [1.29, 1.82) is 0 Å². The van der Waals surface area contributed by atoms with Gasteiger partial charge in [-0.3, -0.25) is 24.6 Å². The number of methoxy groups -OCH3 is 1. The van der Waals surface area contributed by atoms with Crippen LogP contribution < -0.4 is 20.4 Å². The van der Waals surface area contributed by atoms with Gasteiger partial charge < -0.3 is 29.0 Å². The highest BCUT2D eigenvalue weighted by Gasteiger charge is 2.32. The number of nitro groups is 1. The zero-order valence-electron chi connectivity index (χ0n) is 21.0. The average Bonchev–Trinajstić information content (AvgIpc) is 3.63. The molecule has 1 aromatic carbocycles. The lowest BCUT2D eigenvalue weighted by Gasteiger charge is -2.37. The fourth-order valence-corrected chi connectivity index (χ4v) is 4.88. The summed E-state index contributed by atoms with van der Waals surface area (Å²) in [5.41, 5.74) is -0.562. The van der Waals surface area contributed by atoms with Crippen LogP contribution in [0.25, 0.3) is 10.9 Å². The molecule has 0 spiro atoms. The fourth-order valence-electron chi connectivity index (χ4n) is 4.88. The molecule has 1 saturated carbocycles. The number of amides is 1. The molecule has 3 aromatic rings. The van der Waals surface area contributed by atoms with Crippen LogP contribution in [0.1, 0.15) is 39.8 Å². The van der Waals surface area contributed by atoms with Crippen molar-refractivity contribution in [1.82, 2.24) is 14.8 Å². The van der Waals surface area contributed by atoms with Gasteiger partial charge in [-0.25, -0.2) is 9.18 Å². The standard InChI is InChI=1S/C25H26FN5O8/c1-38-23-20-15(22(32)16(25(34)35)13-30(20)14-2-3-14)12-17(26)21(23)29-10-8-28(9-11-29)7-6-27-24(33)18-4-5-19(39-18)31(36)37/h4-5,12-14H,2-3,6-11H2,1H3,(H,27,33)(H,34,35). The van der Waals surface area contributed by atoms with Gasteiger partial charge in [0.2, 0.25) is 5.43 Å². The Labute approximate surface area is 220 Å². The SMILES string of the molecule is COc1c(N2CCN(CCNC(=O)c3ccc([N+](=O)[O-])o3)CC2)c(F)cc2c(=O)c(C(=O)O)cn(C3CC3)c12. The second-order valence-corrected chi connectivity index (χ2v) is 9.43. The van der Waals surface area contributed by atoms with E-state index in [1.165, 1.54) is 19.4 Å². The van der Waals surface area contributed by atoms with Crippen LogP contribution in [-0.2, 0) is 0 Å². The first-order chi connectivity index (χ1) is 18.7. The third-order valence-corrected chi connectivity index (χ3v) is 6.97. The van der Waals surface area contributed by atoms with E-state index in [0.717, 1.165) is 25.0 Å². The molecule has 13 nitrogen and oxygen atoms in total. The van der Waals surface area contributed by atoms with Crippen molar-refractivity contribution in [2.75, 3.05) is 51.3 Å². The summed E-state index contributed by atoms with van der Waals surface area (Å²) in [5.74, 6) is -3.06. The van der Waals surface area contributed by atoms with Crippen LogP contribution in [0.4, 0.5) is 16.0 Å². The molecule has 14 heteroatoms. The molecule has 1 saturated heterocycles. The number of halogens is 1. The molecular weight excluding hydrogens is 517 g/mol. The molecule has 5 rings (SSSR count). The van der Waals surface area contributed by atoms with E-state index >= 15 is 4.39 Å². The first-order valence-corrected chi connectivity index (χ1v) is 12.4. The van der Waals surface area contributed by atoms with E-state index in [0.29, 0.717) is 38.2 Å². The summed E-state index contributed by atoms with van der Waals surface area (Å²) in [6, 6.07) is 3.46. The summed E-state index contributed by atoms with van der Waals surface area (Å²) < 4.78 is 27.7. The van der Waals surface area contributed by atoms with Crippen LogP contribution >= 0.6 is 0 Å². The number of benzene rings is 1. The Balaban J connectivity index is 1.30. The summed E-state index contributed by atoms with van der Waals surface area (Å²) in [5, 5.41) is 22.8. The normalized spacial score (nSPS) is 15.9. The molecule has 2 aliphatic rings. The minimum absolute atomic E-state index is 0.0118. The van der Waals surface area contributed by atoms with Gasteiger partial charge in [0.1, 0.15) is 16.2 Å². The molecule has 0 atom stereocenters. The Morgan fingerprint density at radius 3 is 2.56 bits per heavy atom. The number of nitrogens with zero attached hydrogens (tertiary/aromatic N) is 4. The van der Waals surface area contributed by atoms with Crippen molar-refractivity contribution in [2.24, 2.45) is 0 Å². The highest BCUT2D eigenvalue weighted by Crippen LogP contribution is 2.43. The molecule has 0 bridgehead atoms. The van der Waals surface area contributed by atoms with Crippen molar-refractivity contribution in [3.63, 3.8) is 0 Å². The molecule has 39 heavy (non-hydrogen) atoms. The van der Waals surface area contributed by atoms with Gasteiger partial charge in [-0.2, -0.15) is 0 Å². The number of pyridine rings is 1. The largest absolute Gasteiger partial charge is 0.492 e. The Morgan fingerprint density at radius 2 is 1.97 bits per heavy atom. The van der Waals surface area contributed by atoms with Crippen molar-refractivity contribution in [3.8, 4) is 5.75 Å². The number of rotatable bonds is 9. The topological polar surface area (TPSA) is 160 Å². The Morgan fingerprint density at radius 1 is 1.26 bits per heavy atom. The molecule has 2 fully saturated rings. The van der Waals surface area contributed by atoms with Gasteiger partial charge in [0.15, 0.2) is 17.3 Å². The monoisotopic (exact) mass is 543 g/mol. The summed E-state index contributed by atoms with van der Waals surface area (Å²) in [6.07, 6.45) is 2.96. The van der Waals surface area contributed by atoms with Crippen LogP contribution in [0.15, 0.2) is 33.6 Å². The van der Waals surface area contributed by atoms with E-state index in [1.807, 2.05) is 4.90 Å². The number of hydrogen-bond donors (Lipinski definition) is 2. The van der Waals surface area contributed by atoms with E-state index in [2.05, 4.69) is 10.2 Å². The quantitative estimate of drug-likeness (QED) is 0.303. The molecule has 2 aromatic heterocycles. The molecule has 3 heterocycles. The summed E-state index contributed by atoms with van der Waals surface area (Å²) in [7, 11) is 1.40. The predicted octanol–water partition coefficient (Wildman–Crippen LogP) is 2.24. The van der Waals surface area contributed by atoms with Crippen LogP contribution in [0.5, 0.6) is 5.75 Å². The number of hydrogen-bond acceptors (Lipinski definition) is 9.